The zero-order chi connectivity index (χ0) is 19.3. The van der Waals surface area contributed by atoms with Crippen LogP contribution in [0.5, 0.6) is 0 Å². The largest absolute Gasteiger partial charge is 0.478 e. The van der Waals surface area contributed by atoms with Crippen molar-refractivity contribution in [3.63, 3.8) is 0 Å². The third-order valence-corrected chi connectivity index (χ3v) is 3.91. The average molecular weight is 377 g/mol. The Morgan fingerprint density at radius 3 is 2.38 bits per heavy atom. The van der Waals surface area contributed by atoms with E-state index in [0.29, 0.717) is 16.7 Å². The molecular formula is C17H15NO7S. The lowest BCUT2D eigenvalue weighted by atomic mass is 9.95. The first-order valence-corrected chi connectivity index (χ1v) is 9.11. The summed E-state index contributed by atoms with van der Waals surface area (Å²) >= 11 is 0. The fraction of sp³-hybridized carbons (Fsp3) is 0.118. The standard InChI is InChI=1S/C17H15NO7S/c1-26(23,24)25-11-14-9-13(7-8-16(14)18(21)22)15(10-17(19)20)12-5-3-2-4-6-12/h2-10H,11H2,1H3,(H,19,20). The predicted octanol–water partition coefficient (Wildman–Crippen LogP) is 2.59. The molecule has 2 aromatic carbocycles. The van der Waals surface area contributed by atoms with Gasteiger partial charge >= 0.3 is 5.97 Å². The molecule has 0 fully saturated rings. The molecule has 0 bridgehead atoms. The minimum atomic E-state index is -3.80. The number of carboxylic acids is 1. The SMILES string of the molecule is CS(=O)(=O)OCc1cc(C(=CC(=O)O)c2ccccc2)ccc1[N+](=O)[O-]. The Kier molecular flexibility index (Phi) is 5.86. The first-order valence-electron chi connectivity index (χ1n) is 7.29. The minimum absolute atomic E-state index is 0.0187. The van der Waals surface area contributed by atoms with Crippen molar-refractivity contribution in [2.45, 2.75) is 6.61 Å². The molecule has 0 amide bonds. The summed E-state index contributed by atoms with van der Waals surface area (Å²) in [6.45, 7) is -0.530. The molecule has 0 spiro atoms. The van der Waals surface area contributed by atoms with Gasteiger partial charge in [-0.15, -0.1) is 0 Å². The van der Waals surface area contributed by atoms with Crippen LogP contribution in [0.2, 0.25) is 0 Å². The van der Waals surface area contributed by atoms with Gasteiger partial charge in [0.05, 0.1) is 23.3 Å². The second-order valence-corrected chi connectivity index (χ2v) is 6.97. The first kappa shape index (κ1) is 19.3. The van der Waals surface area contributed by atoms with Crippen LogP contribution in [0, 0.1) is 10.1 Å². The molecule has 1 N–H and O–H groups in total. The van der Waals surface area contributed by atoms with Gasteiger partial charge in [0.25, 0.3) is 15.8 Å². The van der Waals surface area contributed by atoms with Gasteiger partial charge in [-0.25, -0.2) is 4.79 Å². The smallest absolute Gasteiger partial charge is 0.328 e. The number of benzene rings is 2. The second-order valence-electron chi connectivity index (χ2n) is 5.33. The highest BCUT2D eigenvalue weighted by Crippen LogP contribution is 2.29. The molecule has 0 atom stereocenters. The summed E-state index contributed by atoms with van der Waals surface area (Å²) in [7, 11) is -3.80. The Hall–Kier alpha value is -3.04. The summed E-state index contributed by atoms with van der Waals surface area (Å²) in [5, 5.41) is 20.3. The van der Waals surface area contributed by atoms with Crippen LogP contribution in [0.15, 0.2) is 54.6 Å². The number of nitrogens with zero attached hydrogens (tertiary/aromatic N) is 1. The van der Waals surface area contributed by atoms with E-state index in [-0.39, 0.29) is 11.3 Å². The van der Waals surface area contributed by atoms with Crippen molar-refractivity contribution in [3.05, 3.63) is 81.4 Å². The van der Waals surface area contributed by atoms with E-state index < -0.39 is 27.6 Å². The van der Waals surface area contributed by atoms with E-state index >= 15 is 0 Å². The molecule has 9 heteroatoms. The molecule has 2 aromatic rings. The van der Waals surface area contributed by atoms with Gasteiger partial charge in [0, 0.05) is 12.1 Å². The van der Waals surface area contributed by atoms with Crippen molar-refractivity contribution < 1.29 is 27.4 Å². The maximum atomic E-state index is 11.2. The maximum absolute atomic E-state index is 11.2. The van der Waals surface area contributed by atoms with Crippen LogP contribution in [-0.2, 0) is 25.7 Å². The third-order valence-electron chi connectivity index (χ3n) is 3.37. The molecule has 136 valence electrons. The van der Waals surface area contributed by atoms with E-state index in [0.717, 1.165) is 12.3 Å². The lowest BCUT2D eigenvalue weighted by molar-refractivity contribution is -0.385. The summed E-state index contributed by atoms with van der Waals surface area (Å²) in [6.07, 6.45) is 1.82. The summed E-state index contributed by atoms with van der Waals surface area (Å²) in [5.41, 5.74) is 1.01. The number of nitro benzene ring substituents is 1. The van der Waals surface area contributed by atoms with Gasteiger partial charge in [-0.3, -0.25) is 14.3 Å². The molecule has 0 radical (unpaired) electrons. The molecule has 0 aliphatic rings. The highest BCUT2D eigenvalue weighted by atomic mass is 32.2. The van der Waals surface area contributed by atoms with Gasteiger partial charge in [0.1, 0.15) is 0 Å². The lowest BCUT2D eigenvalue weighted by Crippen LogP contribution is -2.05. The molecule has 0 unspecified atom stereocenters. The molecule has 26 heavy (non-hydrogen) atoms. The number of rotatable bonds is 7. The number of hydrogen-bond acceptors (Lipinski definition) is 6. The van der Waals surface area contributed by atoms with E-state index in [1.165, 1.54) is 18.2 Å². The number of hydrogen-bond donors (Lipinski definition) is 1. The molecule has 0 saturated carbocycles. The predicted molar refractivity (Wildman–Crippen MR) is 93.9 cm³/mol. The van der Waals surface area contributed by atoms with Crippen molar-refractivity contribution in [2.75, 3.05) is 6.26 Å². The Balaban J connectivity index is 2.56. The van der Waals surface area contributed by atoms with Crippen molar-refractivity contribution in [1.82, 2.24) is 0 Å². The van der Waals surface area contributed by atoms with Gasteiger partial charge < -0.3 is 5.11 Å². The first-order chi connectivity index (χ1) is 12.2. The zero-order valence-corrected chi connectivity index (χ0v) is 14.5. The fourth-order valence-electron chi connectivity index (χ4n) is 2.29. The quantitative estimate of drug-likeness (QED) is 0.340. The van der Waals surface area contributed by atoms with Crippen molar-refractivity contribution in [1.29, 1.82) is 0 Å². The van der Waals surface area contributed by atoms with Gasteiger partial charge in [-0.1, -0.05) is 30.3 Å². The number of nitro groups is 1. The van der Waals surface area contributed by atoms with Crippen LogP contribution >= 0.6 is 0 Å². The number of carboxylic acid groups (broad SMARTS) is 1. The number of carbonyl (C=O) groups is 1. The van der Waals surface area contributed by atoms with Gasteiger partial charge in [-0.05, 0) is 28.8 Å². The molecular weight excluding hydrogens is 362 g/mol. The molecule has 0 aromatic heterocycles. The lowest BCUT2D eigenvalue weighted by Gasteiger charge is -2.10. The van der Waals surface area contributed by atoms with Crippen LogP contribution < -0.4 is 0 Å². The van der Waals surface area contributed by atoms with Crippen molar-refractivity contribution in [3.8, 4) is 0 Å². The van der Waals surface area contributed by atoms with E-state index in [4.69, 9.17) is 5.11 Å². The van der Waals surface area contributed by atoms with Crippen LogP contribution in [0.25, 0.3) is 5.57 Å². The molecule has 0 aliphatic heterocycles. The summed E-state index contributed by atoms with van der Waals surface area (Å²) in [6, 6.07) is 12.6. The average Bonchev–Trinajstić information content (AvgIpc) is 2.57. The van der Waals surface area contributed by atoms with E-state index in [9.17, 15) is 23.3 Å². The highest BCUT2D eigenvalue weighted by Gasteiger charge is 2.18. The topological polar surface area (TPSA) is 124 Å². The minimum Gasteiger partial charge on any atom is -0.478 e. The Morgan fingerprint density at radius 1 is 1.19 bits per heavy atom. The van der Waals surface area contributed by atoms with E-state index in [1.54, 1.807) is 30.3 Å². The Labute approximate surface area is 149 Å². The molecule has 0 aliphatic carbocycles. The Bertz CT molecular complexity index is 966. The van der Waals surface area contributed by atoms with Crippen LogP contribution in [-0.4, -0.2) is 30.7 Å². The zero-order valence-electron chi connectivity index (χ0n) is 13.7. The summed E-state index contributed by atoms with van der Waals surface area (Å²) in [4.78, 5) is 21.7. The Morgan fingerprint density at radius 2 is 1.85 bits per heavy atom. The summed E-state index contributed by atoms with van der Waals surface area (Å²) < 4.78 is 27.0. The molecule has 2 rings (SSSR count). The van der Waals surface area contributed by atoms with Crippen LogP contribution in [0.1, 0.15) is 16.7 Å². The third kappa shape index (κ3) is 5.23. The second kappa shape index (κ2) is 7.89. The van der Waals surface area contributed by atoms with Crippen LogP contribution in [0.4, 0.5) is 5.69 Å². The van der Waals surface area contributed by atoms with Crippen molar-refractivity contribution in [2.24, 2.45) is 0 Å². The molecule has 8 nitrogen and oxygen atoms in total. The van der Waals surface area contributed by atoms with Crippen LogP contribution in [0.3, 0.4) is 0 Å². The maximum Gasteiger partial charge on any atom is 0.328 e. The summed E-state index contributed by atoms with van der Waals surface area (Å²) in [5.74, 6) is -1.18. The van der Waals surface area contributed by atoms with Gasteiger partial charge in [0.15, 0.2) is 0 Å². The van der Waals surface area contributed by atoms with E-state index in [2.05, 4.69) is 4.18 Å². The van der Waals surface area contributed by atoms with E-state index in [1.807, 2.05) is 0 Å². The number of aliphatic carboxylic acids is 1. The fourth-order valence-corrected chi connectivity index (χ4v) is 2.63. The van der Waals surface area contributed by atoms with Gasteiger partial charge in [0.2, 0.25) is 0 Å². The normalized spacial score (nSPS) is 12.0. The van der Waals surface area contributed by atoms with Gasteiger partial charge in [-0.2, -0.15) is 8.42 Å². The highest BCUT2D eigenvalue weighted by molar-refractivity contribution is 7.85. The molecule has 0 saturated heterocycles. The van der Waals surface area contributed by atoms with Crippen molar-refractivity contribution >= 4 is 27.3 Å². The molecule has 0 heterocycles. The monoisotopic (exact) mass is 377 g/mol.